The summed E-state index contributed by atoms with van der Waals surface area (Å²) in [7, 11) is 2.08. The zero-order valence-corrected chi connectivity index (χ0v) is 26.0. The molecule has 1 heterocycles. The van der Waals surface area contributed by atoms with E-state index in [1.807, 2.05) is 11.0 Å². The molecule has 6 nitrogen and oxygen atoms in total. The molecule has 0 atom stereocenters. The molecule has 1 aliphatic heterocycles. The van der Waals surface area contributed by atoms with Crippen LogP contribution < -0.4 is 10.6 Å². The smallest absolute Gasteiger partial charge is 0.321 e. The average Bonchev–Trinajstić information content (AvgIpc) is 3.49. The maximum atomic E-state index is 12.0. The molecule has 1 saturated heterocycles. The first-order valence-corrected chi connectivity index (χ1v) is 15.3. The lowest BCUT2D eigenvalue weighted by atomic mass is 9.81. The van der Waals surface area contributed by atoms with Crippen LogP contribution in [0.3, 0.4) is 0 Å². The maximum absolute atomic E-state index is 12.0. The monoisotopic (exact) mass is 563 g/mol. The van der Waals surface area contributed by atoms with E-state index in [0.29, 0.717) is 5.92 Å². The average molecular weight is 564 g/mol. The summed E-state index contributed by atoms with van der Waals surface area (Å²) in [6, 6.07) is 16.0. The molecule has 41 heavy (non-hydrogen) atoms. The van der Waals surface area contributed by atoms with Gasteiger partial charge in [-0.05, 0) is 119 Å². The van der Waals surface area contributed by atoms with Gasteiger partial charge < -0.3 is 20.6 Å². The van der Waals surface area contributed by atoms with E-state index in [1.54, 1.807) is 0 Å². The van der Waals surface area contributed by atoms with E-state index in [1.165, 1.54) is 72.8 Å². The minimum atomic E-state index is -0.250. The maximum Gasteiger partial charge on any atom is 0.321 e. The van der Waals surface area contributed by atoms with Crippen molar-refractivity contribution in [2.24, 2.45) is 0 Å². The summed E-state index contributed by atoms with van der Waals surface area (Å²) in [6.45, 7) is 13.9. The third kappa shape index (κ3) is 12.1. The van der Waals surface area contributed by atoms with Crippen molar-refractivity contribution in [1.29, 1.82) is 0 Å². The molecule has 0 aromatic heterocycles. The van der Waals surface area contributed by atoms with Gasteiger partial charge in [0.05, 0.1) is 0 Å². The van der Waals surface area contributed by atoms with Gasteiger partial charge in [-0.1, -0.05) is 61.9 Å². The number of aryl methyl sites for hydroxylation is 2. The van der Waals surface area contributed by atoms with E-state index >= 15 is 0 Å². The fraction of sp³-hybridized carbons (Fsp3) is 0.543. The van der Waals surface area contributed by atoms with Gasteiger partial charge in [0.15, 0.2) is 0 Å². The first-order chi connectivity index (χ1) is 19.7. The largest absolute Gasteiger partial charge is 0.483 e. The first-order valence-electron chi connectivity index (χ1n) is 15.3. The highest BCUT2D eigenvalue weighted by molar-refractivity contribution is 5.89. The van der Waals surface area contributed by atoms with Crippen LogP contribution >= 0.6 is 0 Å². The number of nitrogens with one attached hydrogen (secondary N) is 2. The molecule has 3 N–H and O–H groups in total. The minimum absolute atomic E-state index is 0.0317. The fourth-order valence-corrected chi connectivity index (χ4v) is 5.50. The number of anilines is 1. The zero-order valence-electron chi connectivity index (χ0n) is 26.0. The Hall–Kier alpha value is -3.12. The molecule has 2 aromatic rings. The number of carbonyl (C=O) groups excluding carboxylic acids is 1. The fourth-order valence-electron chi connectivity index (χ4n) is 5.50. The normalized spacial score (nSPS) is 19.4. The molecule has 3 aliphatic rings. The number of hydrogen-bond donors (Lipinski definition) is 3. The van der Waals surface area contributed by atoms with Crippen molar-refractivity contribution >= 4 is 18.2 Å². The number of rotatable bonds is 4. The van der Waals surface area contributed by atoms with Crippen molar-refractivity contribution in [3.8, 4) is 0 Å². The quantitative estimate of drug-likeness (QED) is 0.258. The number of carboxylic acid groups (broad SMARTS) is 1. The molecule has 2 aliphatic carbocycles. The van der Waals surface area contributed by atoms with E-state index in [0.717, 1.165) is 43.6 Å². The summed E-state index contributed by atoms with van der Waals surface area (Å²) < 4.78 is 0. The standard InChI is InChI=1S/C15H22N2O.C14H21N.C5H8.CH2O2/c1-11(2)14-7-6-13(10-12(14)3)16-15(18)17-8-4-5-9-17;1-11-3-5-12(6-4-11)13-7-9-14(15-2)10-8-13;1-5-3-2-4-5;2-1-3/h6-7,10-11H,4-5,8-9H2,1-3H3,(H,16,18);3-6,13-15H,7-10H2,1-2H3;1-4H2;1H,(H,2,3). The molecule has 5 rings (SSSR count). The molecule has 0 bridgehead atoms. The lowest BCUT2D eigenvalue weighted by molar-refractivity contribution is -0.122. The molecular formula is C35H53N3O3. The Labute approximate surface area is 248 Å². The Morgan fingerprint density at radius 2 is 1.54 bits per heavy atom. The highest BCUT2D eigenvalue weighted by atomic mass is 16.3. The number of hydrogen-bond acceptors (Lipinski definition) is 3. The minimum Gasteiger partial charge on any atom is -0.483 e. The summed E-state index contributed by atoms with van der Waals surface area (Å²) in [5.41, 5.74) is 7.81. The van der Waals surface area contributed by atoms with Crippen LogP contribution in [0.4, 0.5) is 10.5 Å². The van der Waals surface area contributed by atoms with Gasteiger partial charge in [0.2, 0.25) is 0 Å². The van der Waals surface area contributed by atoms with E-state index < -0.39 is 0 Å². The summed E-state index contributed by atoms with van der Waals surface area (Å²) in [4.78, 5) is 22.2. The molecule has 2 saturated carbocycles. The number of urea groups is 1. The molecular weight excluding hydrogens is 510 g/mol. The Bertz CT molecular complexity index is 1060. The Kier molecular flexibility index (Phi) is 15.2. The number of benzene rings is 2. The lowest BCUT2D eigenvalue weighted by Crippen LogP contribution is -2.32. The topological polar surface area (TPSA) is 81.7 Å². The highest BCUT2D eigenvalue weighted by Crippen LogP contribution is 2.32. The van der Waals surface area contributed by atoms with Crippen LogP contribution in [0.25, 0.3) is 0 Å². The number of carbonyl (C=O) groups is 2. The Morgan fingerprint density at radius 1 is 0.976 bits per heavy atom. The lowest BCUT2D eigenvalue weighted by Gasteiger charge is -2.28. The van der Waals surface area contributed by atoms with Crippen LogP contribution in [-0.4, -0.2) is 48.7 Å². The number of amides is 2. The summed E-state index contributed by atoms with van der Waals surface area (Å²) in [6.07, 6.45) is 11.6. The molecule has 0 spiro atoms. The molecule has 0 unspecified atom stereocenters. The zero-order chi connectivity index (χ0) is 30.2. The van der Waals surface area contributed by atoms with Gasteiger partial charge in [-0.3, -0.25) is 4.79 Å². The van der Waals surface area contributed by atoms with Crippen LogP contribution in [0.5, 0.6) is 0 Å². The van der Waals surface area contributed by atoms with Crippen LogP contribution in [0.2, 0.25) is 0 Å². The third-order valence-corrected chi connectivity index (χ3v) is 8.28. The molecule has 6 heteroatoms. The second-order valence-electron chi connectivity index (χ2n) is 11.8. The number of allylic oxidation sites excluding steroid dienone is 1. The Balaban J connectivity index is 0.000000229. The van der Waals surface area contributed by atoms with Gasteiger partial charge in [0.1, 0.15) is 0 Å². The van der Waals surface area contributed by atoms with Crippen molar-refractivity contribution in [1.82, 2.24) is 10.2 Å². The van der Waals surface area contributed by atoms with Gasteiger partial charge in [0.25, 0.3) is 6.47 Å². The van der Waals surface area contributed by atoms with E-state index in [4.69, 9.17) is 9.90 Å². The predicted molar refractivity (Wildman–Crippen MR) is 172 cm³/mol. The summed E-state index contributed by atoms with van der Waals surface area (Å²) >= 11 is 0. The SMILES string of the molecule is C=C1CCC1.CNC1CCC(c2ccc(C)cc2)CC1.Cc1cc(NC(=O)N2CCCC2)ccc1C(C)C.O=CO. The molecule has 0 radical (unpaired) electrons. The predicted octanol–water partition coefficient (Wildman–Crippen LogP) is 8.41. The van der Waals surface area contributed by atoms with Crippen LogP contribution in [0, 0.1) is 13.8 Å². The van der Waals surface area contributed by atoms with Crippen molar-refractivity contribution in [2.75, 3.05) is 25.5 Å². The van der Waals surface area contributed by atoms with Gasteiger partial charge >= 0.3 is 6.03 Å². The number of likely N-dealkylation sites (tertiary alicyclic amines) is 1. The molecule has 3 fully saturated rings. The van der Waals surface area contributed by atoms with Crippen molar-refractivity contribution in [3.05, 3.63) is 76.9 Å². The van der Waals surface area contributed by atoms with Crippen LogP contribution in [0.1, 0.15) is 106 Å². The van der Waals surface area contributed by atoms with Gasteiger partial charge in [-0.25, -0.2) is 4.79 Å². The van der Waals surface area contributed by atoms with Crippen LogP contribution in [-0.2, 0) is 4.79 Å². The molecule has 226 valence electrons. The van der Waals surface area contributed by atoms with Crippen molar-refractivity contribution in [3.63, 3.8) is 0 Å². The third-order valence-electron chi connectivity index (χ3n) is 8.28. The second-order valence-corrected chi connectivity index (χ2v) is 11.8. The molecule has 2 amide bonds. The summed E-state index contributed by atoms with van der Waals surface area (Å²) in [5.74, 6) is 1.32. The van der Waals surface area contributed by atoms with E-state index in [9.17, 15) is 4.79 Å². The number of nitrogens with zero attached hydrogens (tertiary/aromatic N) is 1. The first kappa shape index (κ1) is 34.1. The molecule has 2 aromatic carbocycles. The van der Waals surface area contributed by atoms with Crippen LogP contribution in [0.15, 0.2) is 54.6 Å². The second kappa shape index (κ2) is 18.3. The van der Waals surface area contributed by atoms with Crippen molar-refractivity contribution in [2.45, 2.75) is 103 Å². The highest BCUT2D eigenvalue weighted by Gasteiger charge is 2.21. The summed E-state index contributed by atoms with van der Waals surface area (Å²) in [5, 5.41) is 13.3. The van der Waals surface area contributed by atoms with E-state index in [2.05, 4.69) is 88.4 Å². The Morgan fingerprint density at radius 3 is 1.98 bits per heavy atom. The van der Waals surface area contributed by atoms with Gasteiger partial charge in [0, 0.05) is 24.8 Å². The van der Waals surface area contributed by atoms with Crippen molar-refractivity contribution < 1.29 is 14.7 Å². The van der Waals surface area contributed by atoms with E-state index in [-0.39, 0.29) is 12.5 Å². The van der Waals surface area contributed by atoms with Gasteiger partial charge in [-0.15, -0.1) is 0 Å². The van der Waals surface area contributed by atoms with Gasteiger partial charge in [-0.2, -0.15) is 0 Å².